The van der Waals surface area contributed by atoms with Gasteiger partial charge in [0.25, 0.3) is 0 Å². The van der Waals surface area contributed by atoms with E-state index in [1.807, 2.05) is 0 Å². The Morgan fingerprint density at radius 2 is 2.00 bits per heavy atom. The van der Waals surface area contributed by atoms with E-state index in [0.29, 0.717) is 0 Å². The molecule has 7 nitrogen and oxygen atoms in total. The van der Waals surface area contributed by atoms with Crippen LogP contribution in [0.5, 0.6) is 11.5 Å². The number of halogens is 2. The van der Waals surface area contributed by atoms with Crippen LogP contribution < -0.4 is 14.9 Å². The molecule has 2 aromatic rings. The van der Waals surface area contributed by atoms with E-state index in [9.17, 15) is 18.4 Å². The first-order chi connectivity index (χ1) is 11.9. The summed E-state index contributed by atoms with van der Waals surface area (Å²) in [5, 5.41) is 0.216. The Morgan fingerprint density at radius 1 is 1.32 bits per heavy atom. The van der Waals surface area contributed by atoms with E-state index in [2.05, 4.69) is 14.5 Å². The highest BCUT2D eigenvalue weighted by Crippen LogP contribution is 2.42. The average molecular weight is 373 g/mol. The quantitative estimate of drug-likeness (QED) is 0.490. The Balaban J connectivity index is 2.20. The molecule has 0 radical (unpaired) electrons. The van der Waals surface area contributed by atoms with Gasteiger partial charge in [0, 0.05) is 13.2 Å². The number of rotatable bonds is 5. The summed E-state index contributed by atoms with van der Waals surface area (Å²) in [5.41, 5.74) is -0.661. The van der Waals surface area contributed by atoms with Gasteiger partial charge in [0.1, 0.15) is 5.56 Å². The Labute approximate surface area is 144 Å². The second-order valence-electron chi connectivity index (χ2n) is 4.94. The molecule has 0 spiro atoms. The molecule has 1 aliphatic heterocycles. The van der Waals surface area contributed by atoms with E-state index >= 15 is 0 Å². The van der Waals surface area contributed by atoms with Crippen molar-refractivity contribution < 1.29 is 32.5 Å². The molecule has 0 saturated heterocycles. The van der Waals surface area contributed by atoms with Gasteiger partial charge < -0.3 is 23.9 Å². The van der Waals surface area contributed by atoms with Crippen LogP contribution in [0.4, 0.5) is 8.78 Å². The number of benzene rings is 1. The Kier molecular flexibility index (Phi) is 4.56. The molecule has 0 bridgehead atoms. The van der Waals surface area contributed by atoms with Gasteiger partial charge in [0.2, 0.25) is 5.43 Å². The van der Waals surface area contributed by atoms with Gasteiger partial charge in [-0.1, -0.05) is 11.8 Å². The van der Waals surface area contributed by atoms with E-state index in [1.54, 1.807) is 6.92 Å². The van der Waals surface area contributed by atoms with Crippen LogP contribution in [0.2, 0.25) is 0 Å². The van der Waals surface area contributed by atoms with Gasteiger partial charge in [-0.05, 0) is 13.0 Å². The number of aromatic amines is 1. The summed E-state index contributed by atoms with van der Waals surface area (Å²) in [6, 6.07) is 2.33. The standard InChI is InChI=1S/C15H13F2NO6S/c1-3-22-14(20)11-12(19)7-4-9-10(24-15(16,17)23-9)5-8(7)18-13(11)25-6-21-2/h4-5H,3,6H2,1-2H3,(H,18,19). The van der Waals surface area contributed by atoms with Crippen molar-refractivity contribution in [1.29, 1.82) is 0 Å². The van der Waals surface area contributed by atoms with Crippen LogP contribution in [0.1, 0.15) is 17.3 Å². The third-order valence-electron chi connectivity index (χ3n) is 3.29. The van der Waals surface area contributed by atoms with E-state index in [4.69, 9.17) is 9.47 Å². The number of aromatic nitrogens is 1. The Morgan fingerprint density at radius 3 is 2.64 bits per heavy atom. The highest BCUT2D eigenvalue weighted by Gasteiger charge is 2.43. The Hall–Kier alpha value is -2.33. The lowest BCUT2D eigenvalue weighted by Crippen LogP contribution is -2.25. The number of hydrogen-bond donors (Lipinski definition) is 1. The molecule has 0 atom stereocenters. The van der Waals surface area contributed by atoms with Crippen molar-refractivity contribution in [2.24, 2.45) is 0 Å². The van der Waals surface area contributed by atoms with Gasteiger partial charge in [0.15, 0.2) is 11.5 Å². The van der Waals surface area contributed by atoms with Crippen LogP contribution in [-0.2, 0) is 9.47 Å². The van der Waals surface area contributed by atoms with Crippen molar-refractivity contribution in [2.75, 3.05) is 19.7 Å². The molecule has 1 aliphatic rings. The number of H-pyrrole nitrogens is 1. The average Bonchev–Trinajstić information content (AvgIpc) is 2.84. The minimum Gasteiger partial charge on any atom is -0.462 e. The predicted molar refractivity (Wildman–Crippen MR) is 84.5 cm³/mol. The highest BCUT2D eigenvalue weighted by molar-refractivity contribution is 7.99. The molecule has 3 rings (SSSR count). The summed E-state index contributed by atoms with van der Waals surface area (Å²) < 4.78 is 45.0. The van der Waals surface area contributed by atoms with Crippen LogP contribution in [0.15, 0.2) is 22.0 Å². The van der Waals surface area contributed by atoms with E-state index in [0.717, 1.165) is 17.8 Å². The number of alkyl halides is 2. The fraction of sp³-hybridized carbons (Fsp3) is 0.333. The summed E-state index contributed by atoms with van der Waals surface area (Å²) in [5.74, 6) is -1.14. The zero-order valence-corrected chi connectivity index (χ0v) is 14.0. The molecule has 0 aliphatic carbocycles. The van der Waals surface area contributed by atoms with Crippen LogP contribution >= 0.6 is 11.8 Å². The summed E-state index contributed by atoms with van der Waals surface area (Å²) in [7, 11) is 1.45. The van der Waals surface area contributed by atoms with Crippen molar-refractivity contribution in [3.05, 3.63) is 27.9 Å². The number of pyridine rings is 1. The van der Waals surface area contributed by atoms with Crippen molar-refractivity contribution in [2.45, 2.75) is 18.2 Å². The number of ether oxygens (including phenoxy) is 4. The minimum atomic E-state index is -3.81. The lowest BCUT2D eigenvalue weighted by molar-refractivity contribution is -0.286. The lowest BCUT2D eigenvalue weighted by atomic mass is 10.1. The molecule has 0 unspecified atom stereocenters. The maximum atomic E-state index is 13.2. The molecule has 1 aromatic carbocycles. The van der Waals surface area contributed by atoms with E-state index < -0.39 is 17.7 Å². The van der Waals surface area contributed by atoms with Gasteiger partial charge in [-0.25, -0.2) is 4.79 Å². The second kappa shape index (κ2) is 6.52. The zero-order chi connectivity index (χ0) is 18.2. The number of hydrogen-bond acceptors (Lipinski definition) is 7. The number of fused-ring (bicyclic) bond motifs is 2. The SMILES string of the molecule is CCOC(=O)c1c(SCOC)[nH]c2cc3c(cc2c1=O)OC(F)(F)O3. The number of esters is 1. The maximum absolute atomic E-state index is 13.2. The lowest BCUT2D eigenvalue weighted by Gasteiger charge is -2.10. The van der Waals surface area contributed by atoms with Gasteiger partial charge in [0.05, 0.1) is 28.5 Å². The first kappa shape index (κ1) is 17.5. The van der Waals surface area contributed by atoms with E-state index in [-0.39, 0.29) is 45.5 Å². The van der Waals surface area contributed by atoms with Gasteiger partial charge >= 0.3 is 12.3 Å². The maximum Gasteiger partial charge on any atom is 0.586 e. The fourth-order valence-electron chi connectivity index (χ4n) is 2.32. The van der Waals surface area contributed by atoms with Crippen LogP contribution in [0.3, 0.4) is 0 Å². The number of thioether (sulfide) groups is 1. The molecule has 25 heavy (non-hydrogen) atoms. The molecule has 0 amide bonds. The molecule has 1 aromatic heterocycles. The molecule has 10 heteroatoms. The number of carbonyl (C=O) groups is 1. The van der Waals surface area contributed by atoms with Crippen molar-refractivity contribution in [3.8, 4) is 11.5 Å². The summed E-state index contributed by atoms with van der Waals surface area (Å²) >= 11 is 1.06. The number of methoxy groups -OCH3 is 1. The van der Waals surface area contributed by atoms with Crippen molar-refractivity contribution in [1.82, 2.24) is 4.98 Å². The summed E-state index contributed by atoms with van der Waals surface area (Å²) in [6.45, 7) is 1.69. The largest absolute Gasteiger partial charge is 0.586 e. The molecule has 0 fully saturated rings. The van der Waals surface area contributed by atoms with Crippen LogP contribution in [0.25, 0.3) is 10.9 Å². The van der Waals surface area contributed by atoms with Gasteiger partial charge in [-0.2, -0.15) is 0 Å². The highest BCUT2D eigenvalue weighted by atomic mass is 32.2. The molecular formula is C15H13F2NO6S. The monoisotopic (exact) mass is 373 g/mol. The molecular weight excluding hydrogens is 360 g/mol. The van der Waals surface area contributed by atoms with Gasteiger partial charge in [-0.3, -0.25) is 4.79 Å². The molecule has 1 N–H and O–H groups in total. The van der Waals surface area contributed by atoms with Crippen molar-refractivity contribution in [3.63, 3.8) is 0 Å². The number of carbonyl (C=O) groups excluding carboxylic acids is 1. The summed E-state index contributed by atoms with van der Waals surface area (Å²) in [6.07, 6.45) is -3.81. The Bertz CT molecular complexity index is 898. The number of nitrogens with one attached hydrogen (secondary N) is 1. The van der Waals surface area contributed by atoms with Gasteiger partial charge in [-0.15, -0.1) is 8.78 Å². The normalized spacial score (nSPS) is 14.7. The molecule has 134 valence electrons. The van der Waals surface area contributed by atoms with Crippen LogP contribution in [-0.4, -0.2) is 36.9 Å². The topological polar surface area (TPSA) is 86.9 Å². The van der Waals surface area contributed by atoms with E-state index in [1.165, 1.54) is 13.2 Å². The zero-order valence-electron chi connectivity index (χ0n) is 13.2. The summed E-state index contributed by atoms with van der Waals surface area (Å²) in [4.78, 5) is 27.8. The second-order valence-corrected chi connectivity index (χ2v) is 5.87. The first-order valence-electron chi connectivity index (χ1n) is 7.15. The van der Waals surface area contributed by atoms with Crippen LogP contribution in [0, 0.1) is 0 Å². The first-order valence-corrected chi connectivity index (χ1v) is 8.13. The fourth-order valence-corrected chi connectivity index (χ4v) is 3.06. The molecule has 2 heterocycles. The third-order valence-corrected chi connectivity index (χ3v) is 4.24. The third kappa shape index (κ3) is 3.27. The smallest absolute Gasteiger partial charge is 0.462 e. The predicted octanol–water partition coefficient (Wildman–Crippen LogP) is 2.72. The van der Waals surface area contributed by atoms with Crippen molar-refractivity contribution >= 4 is 28.6 Å². The molecule has 0 saturated carbocycles. The minimum absolute atomic E-state index is 0.00451.